The standard InChI is InChI=1S/C35H30N2O2/c38-34(36-32(27-18-8-2-9-19-27)28-20-10-3-11-21-28)31(26-16-6-1-7-17-26)35(39)37-33(29-22-12-4-13-23-29)30-24-14-5-15-25-30/h1-25,31-33H,(H,36,38)(H,37,39). The van der Waals surface area contributed by atoms with Crippen molar-refractivity contribution >= 4 is 11.8 Å². The van der Waals surface area contributed by atoms with Gasteiger partial charge in [-0.1, -0.05) is 152 Å². The summed E-state index contributed by atoms with van der Waals surface area (Å²) >= 11 is 0. The summed E-state index contributed by atoms with van der Waals surface area (Å²) in [6, 6.07) is 47.6. The third-order valence-corrected chi connectivity index (χ3v) is 6.76. The SMILES string of the molecule is O=C(NC(c1ccccc1)c1ccccc1)C(C(=O)NC(c1ccccc1)c1ccccc1)c1ccccc1. The van der Waals surface area contributed by atoms with E-state index in [2.05, 4.69) is 10.6 Å². The second-order valence-electron chi connectivity index (χ2n) is 9.37. The predicted octanol–water partition coefficient (Wildman–Crippen LogP) is 6.58. The average Bonchev–Trinajstić information content (AvgIpc) is 3.01. The number of nitrogens with one attached hydrogen (secondary N) is 2. The van der Waals surface area contributed by atoms with Gasteiger partial charge in [0.15, 0.2) is 0 Å². The molecule has 0 unspecified atom stereocenters. The molecule has 4 nitrogen and oxygen atoms in total. The van der Waals surface area contributed by atoms with E-state index in [9.17, 15) is 9.59 Å². The fourth-order valence-electron chi connectivity index (χ4n) is 4.82. The molecule has 5 aromatic rings. The van der Waals surface area contributed by atoms with Crippen LogP contribution in [0.1, 0.15) is 45.8 Å². The highest BCUT2D eigenvalue weighted by atomic mass is 16.2. The Balaban J connectivity index is 1.49. The second-order valence-corrected chi connectivity index (χ2v) is 9.37. The number of benzene rings is 5. The van der Waals surface area contributed by atoms with Gasteiger partial charge in [0.25, 0.3) is 0 Å². The van der Waals surface area contributed by atoms with E-state index in [1.165, 1.54) is 0 Å². The van der Waals surface area contributed by atoms with Crippen molar-refractivity contribution in [2.75, 3.05) is 0 Å². The molecule has 0 heterocycles. The summed E-state index contributed by atoms with van der Waals surface area (Å²) in [5.74, 6) is -1.77. The van der Waals surface area contributed by atoms with E-state index in [0.29, 0.717) is 5.56 Å². The number of rotatable bonds is 9. The van der Waals surface area contributed by atoms with Gasteiger partial charge in [-0.05, 0) is 27.8 Å². The van der Waals surface area contributed by atoms with Gasteiger partial charge < -0.3 is 10.6 Å². The summed E-state index contributed by atoms with van der Waals surface area (Å²) < 4.78 is 0. The third-order valence-electron chi connectivity index (χ3n) is 6.76. The Labute approximate surface area is 229 Å². The maximum absolute atomic E-state index is 14.0. The molecule has 0 aliphatic heterocycles. The van der Waals surface area contributed by atoms with Crippen LogP contribution in [0.5, 0.6) is 0 Å². The zero-order chi connectivity index (χ0) is 26.9. The summed E-state index contributed by atoms with van der Waals surface area (Å²) in [4.78, 5) is 28.0. The van der Waals surface area contributed by atoms with Crippen LogP contribution >= 0.6 is 0 Å². The minimum absolute atomic E-state index is 0.365. The Morgan fingerprint density at radius 3 is 0.846 bits per heavy atom. The second kappa shape index (κ2) is 12.5. The molecule has 0 aromatic heterocycles. The fourth-order valence-corrected chi connectivity index (χ4v) is 4.82. The number of amides is 2. The first kappa shape index (κ1) is 25.7. The molecule has 0 radical (unpaired) electrons. The Bertz CT molecular complexity index is 1300. The first-order chi connectivity index (χ1) is 19.2. The van der Waals surface area contributed by atoms with Gasteiger partial charge in [-0.3, -0.25) is 9.59 Å². The molecule has 2 N–H and O–H groups in total. The van der Waals surface area contributed by atoms with Gasteiger partial charge in [-0.2, -0.15) is 0 Å². The molecule has 0 atom stereocenters. The first-order valence-corrected chi connectivity index (χ1v) is 13.1. The molecule has 0 aliphatic rings. The number of hydrogen-bond donors (Lipinski definition) is 2. The van der Waals surface area contributed by atoms with Crippen molar-refractivity contribution in [3.8, 4) is 0 Å². The summed E-state index contributed by atoms with van der Waals surface area (Å²) in [7, 11) is 0. The zero-order valence-electron chi connectivity index (χ0n) is 21.5. The molecule has 0 aliphatic carbocycles. The lowest BCUT2D eigenvalue weighted by atomic mass is 9.92. The van der Waals surface area contributed by atoms with Crippen LogP contribution in [0.15, 0.2) is 152 Å². The molecule has 39 heavy (non-hydrogen) atoms. The van der Waals surface area contributed by atoms with Crippen LogP contribution in [0.25, 0.3) is 0 Å². The Hall–Kier alpha value is -4.96. The largest absolute Gasteiger partial charge is 0.344 e. The van der Waals surface area contributed by atoms with Gasteiger partial charge in [0.05, 0.1) is 12.1 Å². The smallest absolute Gasteiger partial charge is 0.237 e. The average molecular weight is 511 g/mol. The highest BCUT2D eigenvalue weighted by molar-refractivity contribution is 6.06. The van der Waals surface area contributed by atoms with Crippen molar-refractivity contribution in [1.29, 1.82) is 0 Å². The normalized spacial score (nSPS) is 10.9. The van der Waals surface area contributed by atoms with Crippen molar-refractivity contribution in [3.05, 3.63) is 179 Å². The summed E-state index contributed by atoms with van der Waals surface area (Å²) in [6.07, 6.45) is 0. The van der Waals surface area contributed by atoms with Gasteiger partial charge in [0.1, 0.15) is 5.92 Å². The van der Waals surface area contributed by atoms with Crippen molar-refractivity contribution in [2.45, 2.75) is 18.0 Å². The van der Waals surface area contributed by atoms with E-state index in [1.54, 1.807) is 0 Å². The number of hydrogen-bond acceptors (Lipinski definition) is 2. The number of carbonyl (C=O) groups excluding carboxylic acids is 2. The molecule has 192 valence electrons. The van der Waals surface area contributed by atoms with E-state index in [4.69, 9.17) is 0 Å². The molecular weight excluding hydrogens is 480 g/mol. The molecule has 5 aromatic carbocycles. The van der Waals surface area contributed by atoms with Crippen molar-refractivity contribution in [2.24, 2.45) is 0 Å². The van der Waals surface area contributed by atoms with Crippen LogP contribution in [0, 0.1) is 0 Å². The molecule has 2 amide bonds. The van der Waals surface area contributed by atoms with Crippen LogP contribution in [0.3, 0.4) is 0 Å². The van der Waals surface area contributed by atoms with Crippen molar-refractivity contribution in [1.82, 2.24) is 10.6 Å². The van der Waals surface area contributed by atoms with E-state index in [1.807, 2.05) is 152 Å². The minimum Gasteiger partial charge on any atom is -0.344 e. The molecule has 4 heteroatoms. The molecule has 0 fully saturated rings. The monoisotopic (exact) mass is 510 g/mol. The molecule has 0 bridgehead atoms. The van der Waals surface area contributed by atoms with Gasteiger partial charge in [0.2, 0.25) is 11.8 Å². The minimum atomic E-state index is -1.05. The predicted molar refractivity (Wildman–Crippen MR) is 155 cm³/mol. The van der Waals surface area contributed by atoms with E-state index in [0.717, 1.165) is 22.3 Å². The summed E-state index contributed by atoms with van der Waals surface area (Å²) in [5.41, 5.74) is 4.39. The maximum atomic E-state index is 14.0. The molecule has 0 spiro atoms. The van der Waals surface area contributed by atoms with Crippen LogP contribution in [0.2, 0.25) is 0 Å². The molecule has 5 rings (SSSR count). The van der Waals surface area contributed by atoms with Crippen molar-refractivity contribution in [3.63, 3.8) is 0 Å². The molecular formula is C35H30N2O2. The molecule has 0 saturated heterocycles. The molecule has 0 saturated carbocycles. The van der Waals surface area contributed by atoms with Gasteiger partial charge in [-0.25, -0.2) is 0 Å². The van der Waals surface area contributed by atoms with Gasteiger partial charge in [-0.15, -0.1) is 0 Å². The highest BCUT2D eigenvalue weighted by Gasteiger charge is 2.32. The lowest BCUT2D eigenvalue weighted by Gasteiger charge is -2.26. The van der Waals surface area contributed by atoms with Gasteiger partial charge in [0, 0.05) is 0 Å². The van der Waals surface area contributed by atoms with Crippen molar-refractivity contribution < 1.29 is 9.59 Å². The van der Waals surface area contributed by atoms with Crippen LogP contribution in [0.4, 0.5) is 0 Å². The van der Waals surface area contributed by atoms with Gasteiger partial charge >= 0.3 is 0 Å². The Kier molecular flexibility index (Phi) is 8.25. The zero-order valence-corrected chi connectivity index (χ0v) is 21.5. The van der Waals surface area contributed by atoms with Crippen LogP contribution < -0.4 is 10.6 Å². The third kappa shape index (κ3) is 6.31. The van der Waals surface area contributed by atoms with E-state index >= 15 is 0 Å². The lowest BCUT2D eigenvalue weighted by Crippen LogP contribution is -2.42. The maximum Gasteiger partial charge on any atom is 0.237 e. The Morgan fingerprint density at radius 2 is 0.590 bits per heavy atom. The van der Waals surface area contributed by atoms with Crippen LogP contribution in [-0.2, 0) is 9.59 Å². The Morgan fingerprint density at radius 1 is 0.359 bits per heavy atom. The quantitative estimate of drug-likeness (QED) is 0.220. The topological polar surface area (TPSA) is 58.2 Å². The van der Waals surface area contributed by atoms with Crippen LogP contribution in [-0.4, -0.2) is 11.8 Å². The fraction of sp³-hybridized carbons (Fsp3) is 0.0857. The first-order valence-electron chi connectivity index (χ1n) is 13.1. The van der Waals surface area contributed by atoms with E-state index < -0.39 is 18.0 Å². The highest BCUT2D eigenvalue weighted by Crippen LogP contribution is 2.27. The lowest BCUT2D eigenvalue weighted by molar-refractivity contribution is -0.132. The summed E-state index contributed by atoms with van der Waals surface area (Å²) in [6.45, 7) is 0. The number of carbonyl (C=O) groups is 2. The summed E-state index contributed by atoms with van der Waals surface area (Å²) in [5, 5.41) is 6.36. The van der Waals surface area contributed by atoms with E-state index in [-0.39, 0.29) is 11.8 Å².